The van der Waals surface area contributed by atoms with Crippen LogP contribution in [0.5, 0.6) is 11.5 Å². The molecular formula is C16H20N2O6. The van der Waals surface area contributed by atoms with Crippen LogP contribution in [0.1, 0.15) is 6.42 Å². The zero-order chi connectivity index (χ0) is 17.9. The number of aliphatic carboxylic acids is 1. The number of carboxylic acids is 1. The summed E-state index contributed by atoms with van der Waals surface area (Å²) >= 11 is 0. The van der Waals surface area contributed by atoms with Gasteiger partial charge in [0.15, 0.2) is 0 Å². The average Bonchev–Trinajstić information content (AvgIpc) is 2.94. The Morgan fingerprint density at radius 2 is 2.04 bits per heavy atom. The van der Waals surface area contributed by atoms with E-state index in [9.17, 15) is 14.4 Å². The van der Waals surface area contributed by atoms with E-state index in [1.165, 1.54) is 26.2 Å². The highest BCUT2D eigenvalue weighted by atomic mass is 16.5. The third-order valence-electron chi connectivity index (χ3n) is 3.90. The van der Waals surface area contributed by atoms with Gasteiger partial charge in [0, 0.05) is 26.1 Å². The zero-order valence-electron chi connectivity index (χ0n) is 13.8. The van der Waals surface area contributed by atoms with Crippen LogP contribution in [0.4, 0.5) is 5.69 Å². The maximum atomic E-state index is 12.3. The third-order valence-corrected chi connectivity index (χ3v) is 3.90. The number of likely N-dealkylation sites (N-methyl/N-ethyl adjacent to an activating group) is 1. The van der Waals surface area contributed by atoms with E-state index < -0.39 is 18.4 Å². The second-order valence-corrected chi connectivity index (χ2v) is 5.53. The zero-order valence-corrected chi connectivity index (χ0v) is 13.8. The van der Waals surface area contributed by atoms with Gasteiger partial charge in [0.2, 0.25) is 11.8 Å². The van der Waals surface area contributed by atoms with Gasteiger partial charge in [-0.05, 0) is 12.1 Å². The van der Waals surface area contributed by atoms with Crippen LogP contribution < -0.4 is 14.4 Å². The topological polar surface area (TPSA) is 96.4 Å². The lowest BCUT2D eigenvalue weighted by molar-refractivity contribution is -0.145. The molecule has 1 aromatic carbocycles. The average molecular weight is 336 g/mol. The van der Waals surface area contributed by atoms with Crippen molar-refractivity contribution in [1.82, 2.24) is 4.90 Å². The molecule has 0 saturated carbocycles. The molecule has 0 aromatic heterocycles. The standard InChI is InChI=1S/C16H20N2O6/c1-17(9-15(20)21)16(22)10-6-14(19)18(8-10)12-5-4-11(23-2)7-13(12)24-3/h4-5,7,10H,6,8-9H2,1-3H3,(H,20,21). The number of carboxylic acid groups (broad SMARTS) is 1. The molecule has 24 heavy (non-hydrogen) atoms. The van der Waals surface area contributed by atoms with Gasteiger partial charge >= 0.3 is 5.97 Å². The van der Waals surface area contributed by atoms with Crippen molar-refractivity contribution >= 4 is 23.5 Å². The van der Waals surface area contributed by atoms with Crippen molar-refractivity contribution in [1.29, 1.82) is 0 Å². The van der Waals surface area contributed by atoms with Gasteiger partial charge in [-0.15, -0.1) is 0 Å². The molecule has 0 spiro atoms. The summed E-state index contributed by atoms with van der Waals surface area (Å²) < 4.78 is 10.4. The highest BCUT2D eigenvalue weighted by Crippen LogP contribution is 2.36. The van der Waals surface area contributed by atoms with Crippen LogP contribution in [-0.2, 0) is 14.4 Å². The Bertz CT molecular complexity index is 660. The van der Waals surface area contributed by atoms with Gasteiger partial charge in [-0.3, -0.25) is 14.4 Å². The molecule has 1 aliphatic heterocycles. The van der Waals surface area contributed by atoms with Crippen molar-refractivity contribution in [3.63, 3.8) is 0 Å². The summed E-state index contributed by atoms with van der Waals surface area (Å²) in [5.74, 6) is -1.18. The number of nitrogens with zero attached hydrogens (tertiary/aromatic N) is 2. The van der Waals surface area contributed by atoms with E-state index in [-0.39, 0.29) is 24.8 Å². The van der Waals surface area contributed by atoms with Gasteiger partial charge in [-0.1, -0.05) is 0 Å². The molecule has 1 N–H and O–H groups in total. The Morgan fingerprint density at radius 1 is 1.33 bits per heavy atom. The number of hydrogen-bond acceptors (Lipinski definition) is 5. The third kappa shape index (κ3) is 3.58. The maximum absolute atomic E-state index is 12.3. The van der Waals surface area contributed by atoms with Gasteiger partial charge in [0.05, 0.1) is 25.8 Å². The number of carbonyl (C=O) groups excluding carboxylic acids is 2. The molecule has 0 bridgehead atoms. The van der Waals surface area contributed by atoms with Crippen LogP contribution in [0.25, 0.3) is 0 Å². The molecule has 1 atom stereocenters. The molecule has 1 unspecified atom stereocenters. The number of hydrogen-bond donors (Lipinski definition) is 1. The fourth-order valence-corrected chi connectivity index (χ4v) is 2.71. The Morgan fingerprint density at radius 3 is 2.62 bits per heavy atom. The molecule has 1 heterocycles. The van der Waals surface area contributed by atoms with E-state index in [0.717, 1.165) is 4.90 Å². The predicted octanol–water partition coefficient (Wildman–Crippen LogP) is 0.600. The van der Waals surface area contributed by atoms with Crippen LogP contribution in [0.15, 0.2) is 18.2 Å². The fourth-order valence-electron chi connectivity index (χ4n) is 2.71. The van der Waals surface area contributed by atoms with Gasteiger partial charge in [-0.2, -0.15) is 0 Å². The summed E-state index contributed by atoms with van der Waals surface area (Å²) in [7, 11) is 4.43. The van der Waals surface area contributed by atoms with Gasteiger partial charge in [0.1, 0.15) is 18.0 Å². The molecular weight excluding hydrogens is 316 g/mol. The van der Waals surface area contributed by atoms with Crippen LogP contribution in [0.2, 0.25) is 0 Å². The fraction of sp³-hybridized carbons (Fsp3) is 0.438. The summed E-state index contributed by atoms with van der Waals surface area (Å²) in [4.78, 5) is 37.9. The van der Waals surface area contributed by atoms with E-state index in [2.05, 4.69) is 0 Å². The summed E-state index contributed by atoms with van der Waals surface area (Å²) in [5, 5.41) is 8.78. The molecule has 0 aliphatic carbocycles. The van der Waals surface area contributed by atoms with Crippen molar-refractivity contribution in [3.05, 3.63) is 18.2 Å². The van der Waals surface area contributed by atoms with Crippen LogP contribution in [-0.4, -0.2) is 62.1 Å². The lowest BCUT2D eigenvalue weighted by atomic mass is 10.1. The Balaban J connectivity index is 2.18. The lowest BCUT2D eigenvalue weighted by Gasteiger charge is -2.21. The minimum atomic E-state index is -1.09. The van der Waals surface area contributed by atoms with E-state index in [0.29, 0.717) is 17.2 Å². The number of carbonyl (C=O) groups is 3. The van der Waals surface area contributed by atoms with Crippen LogP contribution in [0.3, 0.4) is 0 Å². The van der Waals surface area contributed by atoms with Crippen molar-refractivity contribution in [2.45, 2.75) is 6.42 Å². The second kappa shape index (κ2) is 7.20. The first-order chi connectivity index (χ1) is 11.4. The molecule has 2 rings (SSSR count). The smallest absolute Gasteiger partial charge is 0.323 e. The van der Waals surface area contributed by atoms with Gasteiger partial charge < -0.3 is 24.4 Å². The maximum Gasteiger partial charge on any atom is 0.323 e. The number of benzene rings is 1. The van der Waals surface area contributed by atoms with Crippen molar-refractivity contribution in [3.8, 4) is 11.5 Å². The molecule has 0 radical (unpaired) electrons. The molecule has 8 heteroatoms. The number of amides is 2. The molecule has 1 fully saturated rings. The second-order valence-electron chi connectivity index (χ2n) is 5.53. The summed E-state index contributed by atoms with van der Waals surface area (Å²) in [6, 6.07) is 5.06. The number of anilines is 1. The van der Waals surface area contributed by atoms with E-state index in [1.807, 2.05) is 0 Å². The van der Waals surface area contributed by atoms with Gasteiger partial charge in [0.25, 0.3) is 0 Å². The summed E-state index contributed by atoms with van der Waals surface area (Å²) in [5.41, 5.74) is 0.555. The highest BCUT2D eigenvalue weighted by Gasteiger charge is 2.37. The van der Waals surface area contributed by atoms with Crippen molar-refractivity contribution < 1.29 is 29.0 Å². The van der Waals surface area contributed by atoms with E-state index in [4.69, 9.17) is 14.6 Å². The first-order valence-electron chi connectivity index (χ1n) is 7.36. The Hall–Kier alpha value is -2.77. The molecule has 1 aromatic rings. The predicted molar refractivity (Wildman–Crippen MR) is 85.3 cm³/mol. The summed E-state index contributed by atoms with van der Waals surface area (Å²) in [6.07, 6.45) is 0.0397. The first kappa shape index (κ1) is 17.6. The number of ether oxygens (including phenoxy) is 2. The minimum absolute atomic E-state index is 0.0397. The molecule has 8 nitrogen and oxygen atoms in total. The first-order valence-corrected chi connectivity index (χ1v) is 7.36. The van der Waals surface area contributed by atoms with E-state index >= 15 is 0 Å². The van der Waals surface area contributed by atoms with Crippen LogP contribution in [0, 0.1) is 5.92 Å². The quantitative estimate of drug-likeness (QED) is 0.817. The molecule has 1 aliphatic rings. The normalized spacial score (nSPS) is 16.9. The molecule has 1 saturated heterocycles. The van der Waals surface area contributed by atoms with Gasteiger partial charge in [-0.25, -0.2) is 0 Å². The number of rotatable bonds is 6. The van der Waals surface area contributed by atoms with E-state index in [1.54, 1.807) is 18.2 Å². The lowest BCUT2D eigenvalue weighted by Crippen LogP contribution is -2.37. The van der Waals surface area contributed by atoms with Crippen LogP contribution >= 0.6 is 0 Å². The highest BCUT2D eigenvalue weighted by molar-refractivity contribution is 6.01. The minimum Gasteiger partial charge on any atom is -0.497 e. The number of methoxy groups -OCH3 is 2. The Kier molecular flexibility index (Phi) is 5.28. The monoisotopic (exact) mass is 336 g/mol. The Labute approximate surface area is 139 Å². The molecule has 2 amide bonds. The van der Waals surface area contributed by atoms with Crippen molar-refractivity contribution in [2.24, 2.45) is 5.92 Å². The van der Waals surface area contributed by atoms with Crippen molar-refractivity contribution in [2.75, 3.05) is 39.3 Å². The largest absolute Gasteiger partial charge is 0.497 e. The molecule has 130 valence electrons. The summed E-state index contributed by atoms with van der Waals surface area (Å²) in [6.45, 7) is -0.209. The SMILES string of the molecule is COc1ccc(N2CC(C(=O)N(C)CC(=O)O)CC2=O)c(OC)c1.